The van der Waals surface area contributed by atoms with Gasteiger partial charge in [-0.3, -0.25) is 4.79 Å². The molecule has 2 aromatic rings. The van der Waals surface area contributed by atoms with E-state index in [1.54, 1.807) is 0 Å². The van der Waals surface area contributed by atoms with E-state index < -0.39 is 0 Å². The smallest absolute Gasteiger partial charge is 0.230 e. The van der Waals surface area contributed by atoms with E-state index in [0.717, 1.165) is 12.0 Å². The molecule has 0 aliphatic heterocycles. The Balaban J connectivity index is 1.60. The molecule has 1 saturated carbocycles. The van der Waals surface area contributed by atoms with Gasteiger partial charge in [0.15, 0.2) is 11.0 Å². The van der Waals surface area contributed by atoms with E-state index in [1.807, 2.05) is 35.9 Å². The molecule has 25 heavy (non-hydrogen) atoms. The Kier molecular flexibility index (Phi) is 6.02. The number of thioether (sulfide) groups is 1. The number of nitrogens with one attached hydrogen (secondary N) is 1. The Morgan fingerprint density at radius 3 is 2.84 bits per heavy atom. The number of carbonyl (C=O) groups is 1. The quantitative estimate of drug-likeness (QED) is 0.801. The number of benzene rings is 1. The molecular weight excluding hydrogens is 356 g/mol. The number of halogens is 1. The summed E-state index contributed by atoms with van der Waals surface area (Å²) in [6, 6.07) is 7.85. The summed E-state index contributed by atoms with van der Waals surface area (Å²) >= 11 is 7.64. The van der Waals surface area contributed by atoms with Crippen LogP contribution in [0.2, 0.25) is 5.02 Å². The number of hydrogen-bond acceptors (Lipinski definition) is 4. The molecule has 1 fully saturated rings. The average molecular weight is 379 g/mol. The van der Waals surface area contributed by atoms with Gasteiger partial charge in [-0.2, -0.15) is 0 Å². The predicted molar refractivity (Wildman–Crippen MR) is 102 cm³/mol. The Bertz CT molecular complexity index is 748. The van der Waals surface area contributed by atoms with Crippen LogP contribution in [0.5, 0.6) is 0 Å². The number of hydrogen-bond donors (Lipinski definition) is 1. The van der Waals surface area contributed by atoms with Gasteiger partial charge in [0, 0.05) is 18.7 Å². The van der Waals surface area contributed by atoms with Crippen LogP contribution in [0.3, 0.4) is 0 Å². The summed E-state index contributed by atoms with van der Waals surface area (Å²) in [5, 5.41) is 12.9. The van der Waals surface area contributed by atoms with Gasteiger partial charge in [-0.1, -0.05) is 55.3 Å². The van der Waals surface area contributed by atoms with E-state index >= 15 is 0 Å². The van der Waals surface area contributed by atoms with Crippen molar-refractivity contribution in [3.8, 4) is 11.4 Å². The number of nitrogens with zero attached hydrogens (tertiary/aromatic N) is 3. The topological polar surface area (TPSA) is 59.8 Å². The second-order valence-electron chi connectivity index (χ2n) is 6.57. The summed E-state index contributed by atoms with van der Waals surface area (Å²) in [5.74, 6) is 1.67. The fourth-order valence-corrected chi connectivity index (χ4v) is 4.17. The third-order valence-corrected chi connectivity index (χ3v) is 6.09. The normalized spacial score (nSPS) is 20.4. The van der Waals surface area contributed by atoms with Crippen molar-refractivity contribution in [3.05, 3.63) is 29.3 Å². The maximum Gasteiger partial charge on any atom is 0.230 e. The van der Waals surface area contributed by atoms with Crippen LogP contribution < -0.4 is 5.32 Å². The average Bonchev–Trinajstić information content (AvgIpc) is 2.96. The lowest BCUT2D eigenvalue weighted by atomic mass is 9.86. The van der Waals surface area contributed by atoms with Crippen molar-refractivity contribution in [1.82, 2.24) is 20.1 Å². The maximum absolute atomic E-state index is 12.3. The number of rotatable bonds is 5. The second kappa shape index (κ2) is 8.23. The van der Waals surface area contributed by atoms with Crippen LogP contribution in [0, 0.1) is 5.92 Å². The summed E-state index contributed by atoms with van der Waals surface area (Å²) in [7, 11) is 1.89. The van der Waals surface area contributed by atoms with Gasteiger partial charge in [-0.15, -0.1) is 10.2 Å². The van der Waals surface area contributed by atoms with Gasteiger partial charge in [0.2, 0.25) is 5.91 Å². The van der Waals surface area contributed by atoms with Crippen molar-refractivity contribution in [2.24, 2.45) is 13.0 Å². The van der Waals surface area contributed by atoms with Crippen molar-refractivity contribution in [2.75, 3.05) is 5.75 Å². The zero-order valence-corrected chi connectivity index (χ0v) is 16.1. The molecule has 0 radical (unpaired) electrons. The van der Waals surface area contributed by atoms with Crippen molar-refractivity contribution >= 4 is 29.3 Å². The van der Waals surface area contributed by atoms with Crippen LogP contribution in [0.1, 0.15) is 32.6 Å². The zero-order chi connectivity index (χ0) is 17.8. The minimum Gasteiger partial charge on any atom is -0.352 e. The highest BCUT2D eigenvalue weighted by Crippen LogP contribution is 2.28. The molecule has 1 heterocycles. The Morgan fingerprint density at radius 1 is 1.32 bits per heavy atom. The standard InChI is InChI=1S/C18H23ClN4OS/c1-12-7-3-6-10-15(12)20-16(24)11-25-18-22-21-17(23(18)2)13-8-4-5-9-14(13)19/h4-5,8-9,12,15H,3,6-7,10-11H2,1-2H3,(H,20,24)/t12-,15+/m1/s1. The molecule has 0 unspecified atom stereocenters. The Hall–Kier alpha value is -1.53. The number of carbonyl (C=O) groups excluding carboxylic acids is 1. The molecule has 2 atom stereocenters. The van der Waals surface area contributed by atoms with Crippen molar-refractivity contribution in [1.29, 1.82) is 0 Å². The lowest BCUT2D eigenvalue weighted by Crippen LogP contribution is -2.41. The minimum atomic E-state index is 0.0612. The van der Waals surface area contributed by atoms with Crippen LogP contribution in [-0.2, 0) is 11.8 Å². The third kappa shape index (κ3) is 4.36. The van der Waals surface area contributed by atoms with E-state index in [-0.39, 0.29) is 5.91 Å². The lowest BCUT2D eigenvalue weighted by molar-refractivity contribution is -0.119. The molecule has 1 N–H and O–H groups in total. The molecule has 0 spiro atoms. The molecule has 1 aliphatic rings. The number of aromatic nitrogens is 3. The first-order chi connectivity index (χ1) is 12.1. The summed E-state index contributed by atoms with van der Waals surface area (Å²) < 4.78 is 1.88. The SMILES string of the molecule is C[C@@H]1CCCC[C@@H]1NC(=O)CSc1nnc(-c2ccccc2Cl)n1C. The summed E-state index contributed by atoms with van der Waals surface area (Å²) in [5.41, 5.74) is 0.839. The maximum atomic E-state index is 12.3. The fraction of sp³-hybridized carbons (Fsp3) is 0.500. The third-order valence-electron chi connectivity index (χ3n) is 4.74. The highest BCUT2D eigenvalue weighted by Gasteiger charge is 2.23. The first-order valence-electron chi connectivity index (χ1n) is 8.62. The lowest BCUT2D eigenvalue weighted by Gasteiger charge is -2.29. The Morgan fingerprint density at radius 2 is 2.08 bits per heavy atom. The van der Waals surface area contributed by atoms with Crippen molar-refractivity contribution in [2.45, 2.75) is 43.8 Å². The van der Waals surface area contributed by atoms with Gasteiger partial charge in [0.05, 0.1) is 10.8 Å². The van der Waals surface area contributed by atoms with Gasteiger partial charge < -0.3 is 9.88 Å². The highest BCUT2D eigenvalue weighted by molar-refractivity contribution is 7.99. The van der Waals surface area contributed by atoms with Gasteiger partial charge in [-0.05, 0) is 30.9 Å². The van der Waals surface area contributed by atoms with E-state index in [2.05, 4.69) is 22.4 Å². The fourth-order valence-electron chi connectivity index (χ4n) is 3.23. The monoisotopic (exact) mass is 378 g/mol. The minimum absolute atomic E-state index is 0.0612. The molecule has 5 nitrogen and oxygen atoms in total. The molecule has 7 heteroatoms. The molecule has 1 amide bonds. The molecule has 1 aliphatic carbocycles. The van der Waals surface area contributed by atoms with E-state index in [9.17, 15) is 4.79 Å². The molecule has 1 aromatic carbocycles. The van der Waals surface area contributed by atoms with E-state index in [0.29, 0.717) is 33.7 Å². The van der Waals surface area contributed by atoms with Gasteiger partial charge in [0.1, 0.15) is 0 Å². The van der Waals surface area contributed by atoms with Crippen LogP contribution in [0.25, 0.3) is 11.4 Å². The Labute approximate surface area is 157 Å². The summed E-state index contributed by atoms with van der Waals surface area (Å²) in [4.78, 5) is 12.3. The molecule has 134 valence electrons. The van der Waals surface area contributed by atoms with Crippen molar-refractivity contribution in [3.63, 3.8) is 0 Å². The summed E-state index contributed by atoms with van der Waals surface area (Å²) in [6.45, 7) is 2.22. The second-order valence-corrected chi connectivity index (χ2v) is 7.92. The molecule has 0 saturated heterocycles. The van der Waals surface area contributed by atoms with E-state index in [1.165, 1.54) is 31.0 Å². The van der Waals surface area contributed by atoms with E-state index in [4.69, 9.17) is 11.6 Å². The van der Waals surface area contributed by atoms with Crippen LogP contribution in [0.4, 0.5) is 0 Å². The largest absolute Gasteiger partial charge is 0.352 e. The predicted octanol–water partition coefficient (Wildman–Crippen LogP) is 3.92. The summed E-state index contributed by atoms with van der Waals surface area (Å²) in [6.07, 6.45) is 4.75. The number of amides is 1. The molecule has 1 aromatic heterocycles. The molecule has 0 bridgehead atoms. The van der Waals surface area contributed by atoms with Crippen LogP contribution >= 0.6 is 23.4 Å². The van der Waals surface area contributed by atoms with Crippen LogP contribution in [-0.4, -0.2) is 32.5 Å². The van der Waals surface area contributed by atoms with Crippen molar-refractivity contribution < 1.29 is 4.79 Å². The van der Waals surface area contributed by atoms with Gasteiger partial charge in [-0.25, -0.2) is 0 Å². The molecular formula is C18H23ClN4OS. The zero-order valence-electron chi connectivity index (χ0n) is 14.5. The van der Waals surface area contributed by atoms with Gasteiger partial charge in [0.25, 0.3) is 0 Å². The van der Waals surface area contributed by atoms with Gasteiger partial charge >= 0.3 is 0 Å². The first-order valence-corrected chi connectivity index (χ1v) is 9.99. The first kappa shape index (κ1) is 18.3. The molecule has 3 rings (SSSR count). The highest BCUT2D eigenvalue weighted by atomic mass is 35.5. The van der Waals surface area contributed by atoms with Crippen LogP contribution in [0.15, 0.2) is 29.4 Å².